The van der Waals surface area contributed by atoms with Crippen molar-refractivity contribution in [1.29, 1.82) is 0 Å². The van der Waals surface area contributed by atoms with Gasteiger partial charge in [0.15, 0.2) is 0 Å². The summed E-state index contributed by atoms with van der Waals surface area (Å²) in [5, 5.41) is 18.6. The predicted molar refractivity (Wildman–Crippen MR) is 126 cm³/mol. The van der Waals surface area contributed by atoms with Crippen molar-refractivity contribution in [3.8, 4) is 0 Å². The molecular weight excluding hydrogens is 484 g/mol. The van der Waals surface area contributed by atoms with Crippen LogP contribution in [-0.2, 0) is 22.3 Å². The number of carboxylic acids is 2. The number of cyclic esters (lactones) is 4. The normalized spacial score (nSPS) is 13.8. The zero-order chi connectivity index (χ0) is 26.7. The lowest BCUT2D eigenvalue weighted by Crippen LogP contribution is -2.05. The van der Waals surface area contributed by atoms with Crippen LogP contribution in [0.25, 0.3) is 0 Å². The molecule has 192 valence electrons. The van der Waals surface area contributed by atoms with Crippen molar-refractivity contribution in [3.05, 3.63) is 68.8 Å². The van der Waals surface area contributed by atoms with Gasteiger partial charge in [-0.05, 0) is 61.1 Å². The Labute approximate surface area is 211 Å². The molecule has 37 heavy (non-hydrogen) atoms. The monoisotopic (exact) mass is 508 g/mol. The fraction of sp³-hybridized carbons (Fsp3) is 0.333. The summed E-state index contributed by atoms with van der Waals surface area (Å²) in [5.74, 6) is -5.51. The summed E-state index contributed by atoms with van der Waals surface area (Å²) in [5.41, 5.74) is 1.18. The number of unbranched alkanes of at least 4 members (excludes halogenated alkanes) is 6. The largest absolute Gasteiger partial charge is 0.478 e. The van der Waals surface area contributed by atoms with E-state index >= 15 is 0 Å². The molecular formula is C27H24O10. The van der Waals surface area contributed by atoms with Gasteiger partial charge < -0.3 is 19.7 Å². The Kier molecular flexibility index (Phi) is 7.47. The summed E-state index contributed by atoms with van der Waals surface area (Å²) in [6.07, 6.45) is 6.76. The van der Waals surface area contributed by atoms with E-state index in [1.165, 1.54) is 24.3 Å². The van der Waals surface area contributed by atoms with Gasteiger partial charge in [-0.15, -0.1) is 0 Å². The maximum atomic E-state index is 12.0. The van der Waals surface area contributed by atoms with Crippen LogP contribution < -0.4 is 0 Å². The number of rotatable bonds is 12. The van der Waals surface area contributed by atoms with Crippen LogP contribution in [0.15, 0.2) is 24.3 Å². The van der Waals surface area contributed by atoms with E-state index in [1.807, 2.05) is 0 Å². The van der Waals surface area contributed by atoms with Gasteiger partial charge in [-0.3, -0.25) is 0 Å². The molecule has 0 aliphatic carbocycles. The zero-order valence-corrected chi connectivity index (χ0v) is 19.8. The molecule has 0 spiro atoms. The number of aromatic carboxylic acids is 2. The Morgan fingerprint density at radius 1 is 0.541 bits per heavy atom. The number of esters is 4. The zero-order valence-electron chi connectivity index (χ0n) is 19.8. The van der Waals surface area contributed by atoms with Gasteiger partial charge in [-0.1, -0.05) is 32.1 Å². The third-order valence-corrected chi connectivity index (χ3v) is 6.55. The number of aryl methyl sites for hydroxylation is 2. The molecule has 2 heterocycles. The Morgan fingerprint density at radius 3 is 1.24 bits per heavy atom. The number of benzene rings is 2. The van der Waals surface area contributed by atoms with Crippen LogP contribution in [0.2, 0.25) is 0 Å². The summed E-state index contributed by atoms with van der Waals surface area (Å²) >= 11 is 0. The van der Waals surface area contributed by atoms with Gasteiger partial charge in [0, 0.05) is 0 Å². The maximum absolute atomic E-state index is 12.0. The lowest BCUT2D eigenvalue weighted by Gasteiger charge is -2.08. The van der Waals surface area contributed by atoms with E-state index < -0.39 is 35.8 Å². The van der Waals surface area contributed by atoms with Crippen LogP contribution in [0, 0.1) is 0 Å². The molecule has 2 aliphatic rings. The Balaban J connectivity index is 1.23. The molecule has 2 aromatic carbocycles. The number of ether oxygens (including phenoxy) is 2. The lowest BCUT2D eigenvalue weighted by atomic mass is 9.94. The first-order valence-corrected chi connectivity index (χ1v) is 12.0. The van der Waals surface area contributed by atoms with Gasteiger partial charge in [0.05, 0.1) is 33.4 Å². The average molecular weight is 508 g/mol. The van der Waals surface area contributed by atoms with Crippen LogP contribution in [-0.4, -0.2) is 46.0 Å². The van der Waals surface area contributed by atoms with E-state index in [4.69, 9.17) is 0 Å². The third kappa shape index (κ3) is 5.42. The van der Waals surface area contributed by atoms with Gasteiger partial charge in [-0.2, -0.15) is 0 Å². The topological polar surface area (TPSA) is 161 Å². The van der Waals surface area contributed by atoms with Crippen molar-refractivity contribution in [2.24, 2.45) is 0 Å². The first kappa shape index (κ1) is 25.7. The van der Waals surface area contributed by atoms with Crippen molar-refractivity contribution >= 4 is 35.8 Å². The van der Waals surface area contributed by atoms with Crippen molar-refractivity contribution in [3.63, 3.8) is 0 Å². The maximum Gasteiger partial charge on any atom is 0.347 e. The van der Waals surface area contributed by atoms with Gasteiger partial charge in [0.2, 0.25) is 0 Å². The minimum absolute atomic E-state index is 0.00272. The fourth-order valence-corrected chi connectivity index (χ4v) is 4.74. The second-order valence-corrected chi connectivity index (χ2v) is 9.05. The molecule has 2 N–H and O–H groups in total. The SMILES string of the molecule is O=C(O)c1cc(CCCCCCCCCc2cc(C(=O)O)cc3c2C(=O)OC3=O)c2c(c1)C(=O)OC2=O. The van der Waals surface area contributed by atoms with Crippen molar-refractivity contribution < 1.29 is 48.5 Å². The van der Waals surface area contributed by atoms with Crippen molar-refractivity contribution in [2.75, 3.05) is 0 Å². The summed E-state index contributed by atoms with van der Waals surface area (Å²) in [7, 11) is 0. The predicted octanol–water partition coefficient (Wildman–Crippen LogP) is 4.22. The first-order valence-electron chi connectivity index (χ1n) is 12.0. The molecule has 0 saturated heterocycles. The van der Waals surface area contributed by atoms with Gasteiger partial charge in [0.1, 0.15) is 0 Å². The lowest BCUT2D eigenvalue weighted by molar-refractivity contribution is 0.0425. The Hall–Kier alpha value is -4.34. The second-order valence-electron chi connectivity index (χ2n) is 9.05. The van der Waals surface area contributed by atoms with Gasteiger partial charge in [0.25, 0.3) is 0 Å². The number of carbonyl (C=O) groups is 6. The number of hydrogen-bond acceptors (Lipinski definition) is 8. The molecule has 0 radical (unpaired) electrons. The van der Waals surface area contributed by atoms with E-state index in [0.29, 0.717) is 36.8 Å². The molecule has 0 saturated carbocycles. The van der Waals surface area contributed by atoms with Crippen LogP contribution in [0.4, 0.5) is 0 Å². The Morgan fingerprint density at radius 2 is 0.892 bits per heavy atom. The molecule has 10 heteroatoms. The van der Waals surface area contributed by atoms with Crippen LogP contribution in [0.3, 0.4) is 0 Å². The van der Waals surface area contributed by atoms with Crippen LogP contribution >= 0.6 is 0 Å². The third-order valence-electron chi connectivity index (χ3n) is 6.55. The minimum atomic E-state index is -1.18. The quantitative estimate of drug-likeness (QED) is 0.241. The highest BCUT2D eigenvalue weighted by Crippen LogP contribution is 2.29. The van der Waals surface area contributed by atoms with Gasteiger partial charge >= 0.3 is 35.8 Å². The fourth-order valence-electron chi connectivity index (χ4n) is 4.74. The standard InChI is InChI=1S/C27H24O10/c28-22(29)16-10-14(20-18(12-16)24(32)36-26(20)34)8-6-4-2-1-3-5-7-9-15-11-17(23(30)31)13-19-21(15)27(35)37-25(19)33/h10-13H,1-9H2,(H,28,29)(H,30,31). The number of carbonyl (C=O) groups excluding carboxylic acids is 4. The van der Waals surface area contributed by atoms with Crippen molar-refractivity contribution in [1.82, 2.24) is 0 Å². The van der Waals surface area contributed by atoms with E-state index in [0.717, 1.165) is 32.1 Å². The Bertz CT molecular complexity index is 1240. The summed E-state index contributed by atoms with van der Waals surface area (Å²) in [4.78, 5) is 70.4. The smallest absolute Gasteiger partial charge is 0.347 e. The van der Waals surface area contributed by atoms with E-state index in [2.05, 4.69) is 9.47 Å². The van der Waals surface area contributed by atoms with Crippen LogP contribution in [0.1, 0.15) is 118 Å². The van der Waals surface area contributed by atoms with E-state index in [1.54, 1.807) is 0 Å². The van der Waals surface area contributed by atoms with Crippen LogP contribution in [0.5, 0.6) is 0 Å². The molecule has 0 atom stereocenters. The first-order chi connectivity index (χ1) is 17.7. The molecule has 0 bridgehead atoms. The minimum Gasteiger partial charge on any atom is -0.478 e. The molecule has 10 nitrogen and oxygen atoms in total. The number of carboxylic acid groups (broad SMARTS) is 2. The van der Waals surface area contributed by atoms with E-state index in [-0.39, 0.29) is 33.4 Å². The molecule has 2 aromatic rings. The second kappa shape index (κ2) is 10.7. The van der Waals surface area contributed by atoms with Gasteiger partial charge in [-0.25, -0.2) is 28.8 Å². The molecule has 2 aliphatic heterocycles. The highest BCUT2D eigenvalue weighted by Gasteiger charge is 2.34. The van der Waals surface area contributed by atoms with E-state index in [9.17, 15) is 39.0 Å². The molecule has 0 aromatic heterocycles. The number of hydrogen-bond donors (Lipinski definition) is 2. The molecule has 0 amide bonds. The molecule has 0 fully saturated rings. The highest BCUT2D eigenvalue weighted by molar-refractivity contribution is 6.17. The molecule has 4 rings (SSSR count). The summed E-state index contributed by atoms with van der Waals surface area (Å²) in [6.45, 7) is 0. The average Bonchev–Trinajstić information content (AvgIpc) is 3.31. The molecule has 0 unspecified atom stereocenters. The number of fused-ring (bicyclic) bond motifs is 2. The van der Waals surface area contributed by atoms with Crippen molar-refractivity contribution in [2.45, 2.75) is 57.8 Å². The highest BCUT2D eigenvalue weighted by atomic mass is 16.6. The summed E-state index contributed by atoms with van der Waals surface area (Å²) in [6, 6.07) is 5.17. The summed E-state index contributed by atoms with van der Waals surface area (Å²) < 4.78 is 9.27.